The lowest BCUT2D eigenvalue weighted by Gasteiger charge is -2.00. The van der Waals surface area contributed by atoms with Gasteiger partial charge in [-0.3, -0.25) is 0 Å². The van der Waals surface area contributed by atoms with Crippen LogP contribution in [0.3, 0.4) is 0 Å². The lowest BCUT2D eigenvalue weighted by Crippen LogP contribution is -2.12. The third-order valence-corrected chi connectivity index (χ3v) is 1.94. The van der Waals surface area contributed by atoms with Crippen molar-refractivity contribution in [3.63, 3.8) is 0 Å². The molecule has 0 saturated heterocycles. The standard InChI is InChI=1S/C13H18N4/c1-3-7-14-9-5-6-12-10-16-13(17-11-12)15-8-4-2/h3-6,10-11,14H,1-2,7-9H2,(H,15,16,17)/b6-5+. The van der Waals surface area contributed by atoms with E-state index in [1.165, 1.54) is 0 Å². The van der Waals surface area contributed by atoms with Crippen molar-refractivity contribution < 1.29 is 0 Å². The summed E-state index contributed by atoms with van der Waals surface area (Å²) in [4.78, 5) is 8.35. The van der Waals surface area contributed by atoms with Gasteiger partial charge in [0.2, 0.25) is 5.95 Å². The Hall–Kier alpha value is -1.94. The molecule has 0 fully saturated rings. The number of hydrogen-bond acceptors (Lipinski definition) is 4. The zero-order valence-corrected chi connectivity index (χ0v) is 9.89. The van der Waals surface area contributed by atoms with E-state index in [1.54, 1.807) is 18.5 Å². The molecule has 0 radical (unpaired) electrons. The molecule has 2 N–H and O–H groups in total. The second-order valence-electron chi connectivity index (χ2n) is 3.36. The number of aromatic nitrogens is 2. The van der Waals surface area contributed by atoms with Crippen molar-refractivity contribution in [1.82, 2.24) is 15.3 Å². The molecule has 90 valence electrons. The van der Waals surface area contributed by atoms with Crippen molar-refractivity contribution in [2.75, 3.05) is 25.0 Å². The molecule has 0 aromatic carbocycles. The van der Waals surface area contributed by atoms with E-state index in [0.29, 0.717) is 12.5 Å². The Morgan fingerprint density at radius 1 is 1.06 bits per heavy atom. The molecule has 17 heavy (non-hydrogen) atoms. The maximum Gasteiger partial charge on any atom is 0.222 e. The SMILES string of the molecule is C=CCNC/C=C/c1cnc(NCC=C)nc1. The van der Waals surface area contributed by atoms with Crippen LogP contribution in [0.15, 0.2) is 43.8 Å². The highest BCUT2D eigenvalue weighted by atomic mass is 15.1. The lowest BCUT2D eigenvalue weighted by atomic mass is 10.3. The van der Waals surface area contributed by atoms with Gasteiger partial charge in [-0.25, -0.2) is 9.97 Å². The van der Waals surface area contributed by atoms with Crippen molar-refractivity contribution in [2.24, 2.45) is 0 Å². The molecule has 1 aromatic rings. The fourth-order valence-corrected chi connectivity index (χ4v) is 1.14. The Morgan fingerprint density at radius 2 is 1.76 bits per heavy atom. The first-order valence-electron chi connectivity index (χ1n) is 5.51. The Labute approximate surface area is 102 Å². The summed E-state index contributed by atoms with van der Waals surface area (Å²) in [5.41, 5.74) is 0.981. The summed E-state index contributed by atoms with van der Waals surface area (Å²) in [6.07, 6.45) is 11.2. The summed E-state index contributed by atoms with van der Waals surface area (Å²) in [5.74, 6) is 0.617. The highest BCUT2D eigenvalue weighted by Gasteiger charge is 1.92. The van der Waals surface area contributed by atoms with E-state index in [0.717, 1.165) is 18.7 Å². The van der Waals surface area contributed by atoms with Crippen LogP contribution < -0.4 is 10.6 Å². The molecule has 0 saturated carbocycles. The van der Waals surface area contributed by atoms with Crippen LogP contribution in [0.1, 0.15) is 5.56 Å². The highest BCUT2D eigenvalue weighted by Crippen LogP contribution is 2.01. The number of rotatable bonds is 8. The van der Waals surface area contributed by atoms with Gasteiger partial charge in [-0.2, -0.15) is 0 Å². The van der Waals surface area contributed by atoms with E-state index < -0.39 is 0 Å². The number of nitrogens with zero attached hydrogens (tertiary/aromatic N) is 2. The van der Waals surface area contributed by atoms with Gasteiger partial charge in [0.25, 0.3) is 0 Å². The Bertz CT molecular complexity index is 368. The van der Waals surface area contributed by atoms with Gasteiger partial charge in [-0.15, -0.1) is 13.2 Å². The average Bonchev–Trinajstić information content (AvgIpc) is 2.37. The molecule has 4 nitrogen and oxygen atoms in total. The van der Waals surface area contributed by atoms with Gasteiger partial charge in [0.1, 0.15) is 0 Å². The number of hydrogen-bond donors (Lipinski definition) is 2. The van der Waals surface area contributed by atoms with E-state index in [-0.39, 0.29) is 0 Å². The molecule has 0 unspecified atom stereocenters. The fourth-order valence-electron chi connectivity index (χ4n) is 1.14. The van der Waals surface area contributed by atoms with Crippen molar-refractivity contribution in [2.45, 2.75) is 0 Å². The van der Waals surface area contributed by atoms with E-state index in [4.69, 9.17) is 0 Å². The fraction of sp³-hybridized carbons (Fsp3) is 0.231. The first-order chi connectivity index (χ1) is 8.36. The second kappa shape index (κ2) is 8.24. The molecule has 0 aliphatic carbocycles. The van der Waals surface area contributed by atoms with Gasteiger partial charge in [-0.1, -0.05) is 24.3 Å². The van der Waals surface area contributed by atoms with Crippen molar-refractivity contribution >= 4 is 12.0 Å². The van der Waals surface area contributed by atoms with Gasteiger partial charge < -0.3 is 10.6 Å². The summed E-state index contributed by atoms with van der Waals surface area (Å²) in [7, 11) is 0. The van der Waals surface area contributed by atoms with Gasteiger partial charge >= 0.3 is 0 Å². The van der Waals surface area contributed by atoms with Gasteiger partial charge in [0.05, 0.1) is 0 Å². The van der Waals surface area contributed by atoms with Crippen LogP contribution in [0.25, 0.3) is 6.08 Å². The Balaban J connectivity index is 2.39. The minimum Gasteiger partial charge on any atom is -0.351 e. The molecular weight excluding hydrogens is 212 g/mol. The van der Waals surface area contributed by atoms with E-state index >= 15 is 0 Å². The van der Waals surface area contributed by atoms with Crippen molar-refractivity contribution in [1.29, 1.82) is 0 Å². The Kier molecular flexibility index (Phi) is 6.36. The van der Waals surface area contributed by atoms with Crippen LogP contribution in [-0.4, -0.2) is 29.6 Å². The van der Waals surface area contributed by atoms with Gasteiger partial charge in [-0.05, 0) is 0 Å². The van der Waals surface area contributed by atoms with Crippen LogP contribution in [0.5, 0.6) is 0 Å². The molecule has 1 rings (SSSR count). The number of anilines is 1. The predicted molar refractivity (Wildman–Crippen MR) is 72.8 cm³/mol. The maximum atomic E-state index is 4.17. The van der Waals surface area contributed by atoms with E-state index in [9.17, 15) is 0 Å². The molecular formula is C13H18N4. The lowest BCUT2D eigenvalue weighted by molar-refractivity contribution is 0.846. The van der Waals surface area contributed by atoms with E-state index in [2.05, 4.69) is 33.8 Å². The smallest absolute Gasteiger partial charge is 0.222 e. The zero-order valence-electron chi connectivity index (χ0n) is 9.89. The quantitative estimate of drug-likeness (QED) is 0.528. The molecule has 0 aliphatic heterocycles. The van der Waals surface area contributed by atoms with Gasteiger partial charge in [0.15, 0.2) is 0 Å². The topological polar surface area (TPSA) is 49.8 Å². The minimum absolute atomic E-state index is 0.617. The number of nitrogens with one attached hydrogen (secondary N) is 2. The Morgan fingerprint density at radius 3 is 2.41 bits per heavy atom. The summed E-state index contributed by atoms with van der Waals surface area (Å²) in [6, 6.07) is 0. The summed E-state index contributed by atoms with van der Waals surface area (Å²) in [6.45, 7) is 9.53. The van der Waals surface area contributed by atoms with Crippen LogP contribution in [0.4, 0.5) is 5.95 Å². The van der Waals surface area contributed by atoms with Crippen molar-refractivity contribution in [3.8, 4) is 0 Å². The third-order valence-electron chi connectivity index (χ3n) is 1.94. The molecule has 0 aliphatic rings. The van der Waals surface area contributed by atoms with Crippen molar-refractivity contribution in [3.05, 3.63) is 49.3 Å². The third kappa shape index (κ3) is 5.63. The monoisotopic (exact) mass is 230 g/mol. The zero-order chi connectivity index (χ0) is 12.3. The largest absolute Gasteiger partial charge is 0.351 e. The summed E-state index contributed by atoms with van der Waals surface area (Å²) in [5, 5.41) is 6.19. The highest BCUT2D eigenvalue weighted by molar-refractivity contribution is 5.47. The van der Waals surface area contributed by atoms with Gasteiger partial charge in [0, 0.05) is 37.6 Å². The summed E-state index contributed by atoms with van der Waals surface area (Å²) < 4.78 is 0. The molecule has 0 amide bonds. The molecule has 1 aromatic heterocycles. The van der Waals surface area contributed by atoms with Crippen LogP contribution in [0, 0.1) is 0 Å². The first-order valence-corrected chi connectivity index (χ1v) is 5.51. The molecule has 0 spiro atoms. The average molecular weight is 230 g/mol. The molecule has 0 bridgehead atoms. The second-order valence-corrected chi connectivity index (χ2v) is 3.36. The normalized spacial score (nSPS) is 10.4. The molecule has 0 atom stereocenters. The van der Waals surface area contributed by atoms with Crippen LogP contribution >= 0.6 is 0 Å². The minimum atomic E-state index is 0.617. The van der Waals surface area contributed by atoms with Crippen LogP contribution in [-0.2, 0) is 0 Å². The van der Waals surface area contributed by atoms with E-state index in [1.807, 2.05) is 18.2 Å². The maximum absolute atomic E-state index is 4.17. The predicted octanol–water partition coefficient (Wildman–Crippen LogP) is 1.86. The molecule has 1 heterocycles. The molecule has 4 heteroatoms. The summed E-state index contributed by atoms with van der Waals surface area (Å²) >= 11 is 0. The van der Waals surface area contributed by atoms with Crippen LogP contribution in [0.2, 0.25) is 0 Å². The first kappa shape index (κ1) is 13.1.